The third kappa shape index (κ3) is 6.11. The minimum atomic E-state index is -0.425. The first kappa shape index (κ1) is 20.4. The Morgan fingerprint density at radius 1 is 1.17 bits per heavy atom. The number of carbonyl (C=O) groups excluding carboxylic acids is 1. The van der Waals surface area contributed by atoms with Crippen LogP contribution in [0.3, 0.4) is 0 Å². The van der Waals surface area contributed by atoms with E-state index in [1.807, 2.05) is 19.2 Å². The highest BCUT2D eigenvalue weighted by Crippen LogP contribution is 2.25. The molecule has 0 aliphatic heterocycles. The van der Waals surface area contributed by atoms with Gasteiger partial charge in [0, 0.05) is 11.4 Å². The maximum absolute atomic E-state index is 13.6. The second-order valence-electron chi connectivity index (χ2n) is 5.32. The number of nitrogens with one attached hydrogen (secondary N) is 2. The first-order valence-electron chi connectivity index (χ1n) is 7.55. The molecule has 0 aliphatic carbocycles. The van der Waals surface area contributed by atoms with Crippen molar-refractivity contribution in [2.45, 2.75) is 18.9 Å². The van der Waals surface area contributed by atoms with Crippen LogP contribution in [0.4, 0.5) is 4.39 Å². The van der Waals surface area contributed by atoms with Crippen LogP contribution in [0.5, 0.6) is 0 Å². The molecule has 2 aromatic rings. The van der Waals surface area contributed by atoms with E-state index < -0.39 is 6.04 Å². The first-order valence-corrected chi connectivity index (χ1v) is 7.93. The van der Waals surface area contributed by atoms with Crippen LogP contribution in [0.15, 0.2) is 48.5 Å². The third-order valence-electron chi connectivity index (χ3n) is 3.50. The molecule has 6 heteroatoms. The van der Waals surface area contributed by atoms with E-state index in [0.717, 1.165) is 18.5 Å². The zero-order valence-electron chi connectivity index (χ0n) is 13.4. The van der Waals surface area contributed by atoms with Gasteiger partial charge in [0.05, 0.1) is 6.04 Å². The molecular formula is C18H21Cl2FN2O. The van der Waals surface area contributed by atoms with Gasteiger partial charge in [-0.2, -0.15) is 0 Å². The molecule has 0 saturated heterocycles. The zero-order chi connectivity index (χ0) is 16.7. The lowest BCUT2D eigenvalue weighted by atomic mass is 9.98. The molecular weight excluding hydrogens is 350 g/mol. The second kappa shape index (κ2) is 10.3. The Morgan fingerprint density at radius 3 is 2.46 bits per heavy atom. The van der Waals surface area contributed by atoms with E-state index in [0.29, 0.717) is 17.0 Å². The lowest BCUT2D eigenvalue weighted by Gasteiger charge is -2.20. The molecule has 3 nitrogen and oxygen atoms in total. The molecule has 130 valence electrons. The molecule has 0 heterocycles. The second-order valence-corrected chi connectivity index (χ2v) is 5.75. The van der Waals surface area contributed by atoms with E-state index in [1.165, 1.54) is 12.1 Å². The number of hydrogen-bond acceptors (Lipinski definition) is 2. The fraction of sp³-hybridized carbons (Fsp3) is 0.278. The normalized spacial score (nSPS) is 11.5. The van der Waals surface area contributed by atoms with Crippen LogP contribution >= 0.6 is 24.0 Å². The first-order chi connectivity index (χ1) is 11.1. The number of amides is 1. The van der Waals surface area contributed by atoms with Crippen molar-refractivity contribution in [1.29, 1.82) is 0 Å². The Kier molecular flexibility index (Phi) is 8.76. The van der Waals surface area contributed by atoms with E-state index >= 15 is 0 Å². The standard InChI is InChI=1S/C18H20ClFN2O.ClH/c1-21-10-4-9-17(23)22-18(13-5-2-7-15(19)11-13)14-6-3-8-16(20)12-14;/h2-3,5-8,11-12,18,21H,4,9-10H2,1H3,(H,22,23);1H. The van der Waals surface area contributed by atoms with Gasteiger partial charge in [0.2, 0.25) is 5.91 Å². The monoisotopic (exact) mass is 370 g/mol. The summed E-state index contributed by atoms with van der Waals surface area (Å²) in [6.45, 7) is 0.773. The van der Waals surface area contributed by atoms with Gasteiger partial charge in [-0.25, -0.2) is 4.39 Å². The molecule has 1 amide bonds. The SMILES string of the molecule is CNCCCC(=O)NC(c1cccc(F)c1)c1cccc(Cl)c1.Cl. The molecule has 2 N–H and O–H groups in total. The fourth-order valence-electron chi connectivity index (χ4n) is 2.39. The summed E-state index contributed by atoms with van der Waals surface area (Å²) in [5.74, 6) is -0.409. The maximum atomic E-state index is 13.6. The van der Waals surface area contributed by atoms with Crippen LogP contribution in [0.1, 0.15) is 30.0 Å². The minimum Gasteiger partial charge on any atom is -0.345 e. The van der Waals surface area contributed by atoms with Crippen LogP contribution < -0.4 is 10.6 Å². The quantitative estimate of drug-likeness (QED) is 0.720. The highest BCUT2D eigenvalue weighted by Gasteiger charge is 2.17. The van der Waals surface area contributed by atoms with Gasteiger partial charge in [-0.15, -0.1) is 12.4 Å². The predicted octanol–water partition coefficient (Wildman–Crippen LogP) is 4.11. The maximum Gasteiger partial charge on any atom is 0.220 e. The minimum absolute atomic E-state index is 0. The van der Waals surface area contributed by atoms with Crippen molar-refractivity contribution >= 4 is 29.9 Å². The molecule has 2 rings (SSSR count). The predicted molar refractivity (Wildman–Crippen MR) is 98.2 cm³/mol. The molecule has 0 saturated carbocycles. The van der Waals surface area contributed by atoms with Gasteiger partial charge in [-0.05, 0) is 55.4 Å². The Hall–Kier alpha value is -1.62. The number of hydrogen-bond donors (Lipinski definition) is 2. The van der Waals surface area contributed by atoms with Gasteiger partial charge in [-0.3, -0.25) is 4.79 Å². The Bertz CT molecular complexity index is 621. The summed E-state index contributed by atoms with van der Waals surface area (Å²) in [6, 6.07) is 13.1. The Balaban J connectivity index is 0.00000288. The summed E-state index contributed by atoms with van der Waals surface area (Å²) >= 11 is 6.05. The molecule has 1 atom stereocenters. The lowest BCUT2D eigenvalue weighted by Crippen LogP contribution is -2.29. The highest BCUT2D eigenvalue weighted by molar-refractivity contribution is 6.30. The Morgan fingerprint density at radius 2 is 1.83 bits per heavy atom. The summed E-state index contributed by atoms with van der Waals surface area (Å²) in [7, 11) is 1.85. The number of rotatable bonds is 7. The smallest absolute Gasteiger partial charge is 0.220 e. The number of carbonyl (C=O) groups is 1. The topological polar surface area (TPSA) is 41.1 Å². The van der Waals surface area contributed by atoms with Crippen molar-refractivity contribution in [2.75, 3.05) is 13.6 Å². The van der Waals surface area contributed by atoms with Gasteiger partial charge in [0.15, 0.2) is 0 Å². The lowest BCUT2D eigenvalue weighted by molar-refractivity contribution is -0.121. The molecule has 0 aromatic heterocycles. The summed E-state index contributed by atoms with van der Waals surface area (Å²) < 4.78 is 13.6. The van der Waals surface area contributed by atoms with Gasteiger partial charge in [0.1, 0.15) is 5.82 Å². The van der Waals surface area contributed by atoms with Crippen molar-refractivity contribution in [3.8, 4) is 0 Å². The molecule has 0 bridgehead atoms. The fourth-order valence-corrected chi connectivity index (χ4v) is 2.59. The molecule has 2 aromatic carbocycles. The zero-order valence-corrected chi connectivity index (χ0v) is 15.0. The van der Waals surface area contributed by atoms with E-state index in [2.05, 4.69) is 10.6 Å². The van der Waals surface area contributed by atoms with Crippen molar-refractivity contribution in [2.24, 2.45) is 0 Å². The van der Waals surface area contributed by atoms with Crippen molar-refractivity contribution in [3.05, 3.63) is 70.5 Å². The average molecular weight is 371 g/mol. The van der Waals surface area contributed by atoms with Crippen molar-refractivity contribution < 1.29 is 9.18 Å². The van der Waals surface area contributed by atoms with Crippen molar-refractivity contribution in [3.63, 3.8) is 0 Å². The number of halogens is 3. The molecule has 1 unspecified atom stereocenters. The summed E-state index contributed by atoms with van der Waals surface area (Å²) in [6.07, 6.45) is 1.15. The van der Waals surface area contributed by atoms with Crippen LogP contribution in [-0.2, 0) is 4.79 Å². The van der Waals surface area contributed by atoms with Gasteiger partial charge < -0.3 is 10.6 Å². The van der Waals surface area contributed by atoms with Gasteiger partial charge >= 0.3 is 0 Å². The van der Waals surface area contributed by atoms with E-state index in [4.69, 9.17) is 11.6 Å². The third-order valence-corrected chi connectivity index (χ3v) is 3.74. The van der Waals surface area contributed by atoms with Crippen LogP contribution in [0.25, 0.3) is 0 Å². The summed E-state index contributed by atoms with van der Waals surface area (Å²) in [5, 5.41) is 6.56. The Labute approximate surface area is 153 Å². The van der Waals surface area contributed by atoms with Crippen LogP contribution in [0.2, 0.25) is 5.02 Å². The summed E-state index contributed by atoms with van der Waals surface area (Å²) in [4.78, 5) is 12.2. The molecule has 0 aliphatic rings. The number of benzene rings is 2. The summed E-state index contributed by atoms with van der Waals surface area (Å²) in [5.41, 5.74) is 1.51. The molecule has 24 heavy (non-hydrogen) atoms. The average Bonchev–Trinajstić information content (AvgIpc) is 2.53. The van der Waals surface area contributed by atoms with Gasteiger partial charge in [-0.1, -0.05) is 35.9 Å². The van der Waals surface area contributed by atoms with E-state index in [9.17, 15) is 9.18 Å². The van der Waals surface area contributed by atoms with Gasteiger partial charge in [0.25, 0.3) is 0 Å². The molecule has 0 radical (unpaired) electrons. The van der Waals surface area contributed by atoms with Crippen molar-refractivity contribution in [1.82, 2.24) is 10.6 Å². The molecule has 0 fully saturated rings. The largest absolute Gasteiger partial charge is 0.345 e. The van der Waals surface area contributed by atoms with Crippen LogP contribution in [0, 0.1) is 5.82 Å². The highest BCUT2D eigenvalue weighted by atomic mass is 35.5. The van der Waals surface area contributed by atoms with E-state index in [-0.39, 0.29) is 24.1 Å². The van der Waals surface area contributed by atoms with E-state index in [1.54, 1.807) is 24.3 Å². The molecule has 0 spiro atoms. The van der Waals surface area contributed by atoms with Crippen LogP contribution in [-0.4, -0.2) is 19.5 Å².